The molecule has 0 aromatic heterocycles. The summed E-state index contributed by atoms with van der Waals surface area (Å²) in [5.41, 5.74) is 0.930. The van der Waals surface area contributed by atoms with Gasteiger partial charge < -0.3 is 10.6 Å². The molecule has 1 saturated heterocycles. The highest BCUT2D eigenvalue weighted by Crippen LogP contribution is 2.19. The molecule has 1 unspecified atom stereocenters. The van der Waals surface area contributed by atoms with E-state index in [4.69, 9.17) is 0 Å². The highest BCUT2D eigenvalue weighted by Gasteiger charge is 2.26. The van der Waals surface area contributed by atoms with Crippen LogP contribution >= 0.6 is 0 Å². The first kappa shape index (κ1) is 19.8. The van der Waals surface area contributed by atoms with E-state index < -0.39 is 0 Å². The van der Waals surface area contributed by atoms with Crippen molar-refractivity contribution in [2.75, 3.05) is 19.6 Å². The van der Waals surface area contributed by atoms with Crippen LogP contribution in [-0.4, -0.2) is 42.4 Å². The second kappa shape index (κ2) is 9.83. The quantitative estimate of drug-likeness (QED) is 0.770. The molecule has 1 atom stereocenters. The number of amides is 2. The molecule has 6 heteroatoms. The molecule has 3 rings (SSSR count). The van der Waals surface area contributed by atoms with Gasteiger partial charge in [-0.25, -0.2) is 4.39 Å². The summed E-state index contributed by atoms with van der Waals surface area (Å²) in [5, 5.41) is 5.96. The monoisotopic (exact) mass is 375 g/mol. The maximum Gasteiger partial charge on any atom is 0.224 e. The Labute approximate surface area is 160 Å². The molecule has 1 saturated carbocycles. The van der Waals surface area contributed by atoms with Crippen LogP contribution in [0.5, 0.6) is 0 Å². The van der Waals surface area contributed by atoms with E-state index in [2.05, 4.69) is 15.5 Å². The fraction of sp³-hybridized carbons (Fsp3) is 0.619. The minimum atomic E-state index is -0.227. The van der Waals surface area contributed by atoms with Crippen LogP contribution in [-0.2, 0) is 16.1 Å². The first-order valence-corrected chi connectivity index (χ1v) is 10.1. The second-order valence-electron chi connectivity index (χ2n) is 7.79. The lowest BCUT2D eigenvalue weighted by molar-refractivity contribution is -0.127. The number of carbonyl (C=O) groups is 2. The number of nitrogens with one attached hydrogen (secondary N) is 2. The predicted molar refractivity (Wildman–Crippen MR) is 102 cm³/mol. The van der Waals surface area contributed by atoms with E-state index in [1.54, 1.807) is 12.1 Å². The molecule has 5 nitrogen and oxygen atoms in total. The van der Waals surface area contributed by atoms with Crippen molar-refractivity contribution in [1.29, 1.82) is 0 Å². The number of hydrogen-bond donors (Lipinski definition) is 2. The minimum absolute atomic E-state index is 0.0209. The van der Waals surface area contributed by atoms with Gasteiger partial charge in [0.25, 0.3) is 0 Å². The summed E-state index contributed by atoms with van der Waals surface area (Å²) in [7, 11) is 0. The van der Waals surface area contributed by atoms with Crippen LogP contribution in [0.2, 0.25) is 0 Å². The zero-order valence-corrected chi connectivity index (χ0v) is 15.9. The number of benzene rings is 1. The first-order chi connectivity index (χ1) is 13.1. The molecule has 1 heterocycles. The molecule has 148 valence electrons. The van der Waals surface area contributed by atoms with Crippen molar-refractivity contribution in [2.24, 2.45) is 5.92 Å². The van der Waals surface area contributed by atoms with Gasteiger partial charge in [-0.15, -0.1) is 0 Å². The van der Waals surface area contributed by atoms with E-state index in [-0.39, 0.29) is 23.5 Å². The zero-order chi connectivity index (χ0) is 19.1. The van der Waals surface area contributed by atoms with E-state index in [1.165, 1.54) is 18.9 Å². The number of carbonyl (C=O) groups excluding carboxylic acids is 2. The van der Waals surface area contributed by atoms with E-state index >= 15 is 0 Å². The van der Waals surface area contributed by atoms with Crippen LogP contribution < -0.4 is 10.6 Å². The lowest BCUT2D eigenvalue weighted by atomic mass is 9.96. The van der Waals surface area contributed by atoms with Gasteiger partial charge in [-0.05, 0) is 49.9 Å². The van der Waals surface area contributed by atoms with Crippen LogP contribution in [0.4, 0.5) is 4.39 Å². The van der Waals surface area contributed by atoms with Crippen LogP contribution in [0.15, 0.2) is 24.3 Å². The maximum atomic E-state index is 13.3. The molecule has 0 radical (unpaired) electrons. The second-order valence-corrected chi connectivity index (χ2v) is 7.79. The van der Waals surface area contributed by atoms with Crippen LogP contribution in [0, 0.1) is 11.7 Å². The normalized spacial score (nSPS) is 21.1. The zero-order valence-electron chi connectivity index (χ0n) is 15.9. The van der Waals surface area contributed by atoms with Crippen molar-refractivity contribution in [3.63, 3.8) is 0 Å². The molecule has 1 aliphatic carbocycles. The Hall–Kier alpha value is -1.95. The maximum absolute atomic E-state index is 13.3. The molecule has 1 aromatic rings. The van der Waals surface area contributed by atoms with Gasteiger partial charge in [0.1, 0.15) is 5.82 Å². The molecule has 1 aromatic carbocycles. The van der Waals surface area contributed by atoms with E-state index in [1.807, 2.05) is 6.07 Å². The van der Waals surface area contributed by atoms with Crippen molar-refractivity contribution < 1.29 is 14.0 Å². The molecule has 0 bridgehead atoms. The molecule has 2 aliphatic rings. The molecular weight excluding hydrogens is 345 g/mol. The van der Waals surface area contributed by atoms with Gasteiger partial charge in [-0.2, -0.15) is 0 Å². The number of likely N-dealkylation sites (tertiary alicyclic amines) is 1. The molecule has 0 spiro atoms. The van der Waals surface area contributed by atoms with Gasteiger partial charge in [-0.3, -0.25) is 14.5 Å². The standard InChI is InChI=1S/C21H30FN3O2/c22-18-7-3-5-16(13-18)14-25-12-4-6-17(15-25)21(27)23-11-10-20(26)24-19-8-1-2-9-19/h3,5,7,13,17,19H,1-2,4,6,8-12,14-15H2,(H,23,27)(H,24,26). The fourth-order valence-corrected chi connectivity index (χ4v) is 4.12. The summed E-state index contributed by atoms with van der Waals surface area (Å²) in [6.07, 6.45) is 6.67. The SMILES string of the molecule is O=C(CCNC(=O)C1CCCN(Cc2cccc(F)c2)C1)NC1CCCC1. The topological polar surface area (TPSA) is 61.4 Å². The summed E-state index contributed by atoms with van der Waals surface area (Å²) in [6, 6.07) is 6.94. The smallest absolute Gasteiger partial charge is 0.224 e. The van der Waals surface area contributed by atoms with Gasteiger partial charge >= 0.3 is 0 Å². The minimum Gasteiger partial charge on any atom is -0.355 e. The molecule has 2 N–H and O–H groups in total. The Morgan fingerprint density at radius 2 is 1.96 bits per heavy atom. The summed E-state index contributed by atoms with van der Waals surface area (Å²) in [4.78, 5) is 26.6. The summed E-state index contributed by atoms with van der Waals surface area (Å²) < 4.78 is 13.3. The van der Waals surface area contributed by atoms with Gasteiger partial charge in [0.15, 0.2) is 0 Å². The largest absolute Gasteiger partial charge is 0.355 e. The van der Waals surface area contributed by atoms with E-state index in [0.717, 1.165) is 37.8 Å². The molecule has 2 amide bonds. The summed E-state index contributed by atoms with van der Waals surface area (Å²) >= 11 is 0. The van der Waals surface area contributed by atoms with Gasteiger partial charge in [-0.1, -0.05) is 25.0 Å². The molecule has 2 fully saturated rings. The number of hydrogen-bond acceptors (Lipinski definition) is 3. The van der Waals surface area contributed by atoms with Gasteiger partial charge in [0.2, 0.25) is 11.8 Å². The Bertz CT molecular complexity index is 646. The van der Waals surface area contributed by atoms with Crippen LogP contribution in [0.3, 0.4) is 0 Å². The fourth-order valence-electron chi connectivity index (χ4n) is 4.12. The summed E-state index contributed by atoms with van der Waals surface area (Å²) in [6.45, 7) is 2.64. The first-order valence-electron chi connectivity index (χ1n) is 10.1. The number of nitrogens with zero attached hydrogens (tertiary/aromatic N) is 1. The average molecular weight is 375 g/mol. The Balaban J connectivity index is 1.38. The summed E-state index contributed by atoms with van der Waals surface area (Å²) in [5.74, 6) is -0.244. The third-order valence-electron chi connectivity index (χ3n) is 5.54. The van der Waals surface area contributed by atoms with E-state index in [0.29, 0.717) is 32.1 Å². The Morgan fingerprint density at radius 1 is 1.15 bits per heavy atom. The number of rotatable bonds is 7. The van der Waals surface area contributed by atoms with Crippen molar-refractivity contribution in [2.45, 2.75) is 57.5 Å². The number of halogens is 1. The molecule has 1 aliphatic heterocycles. The third-order valence-corrected chi connectivity index (χ3v) is 5.54. The van der Waals surface area contributed by atoms with Gasteiger partial charge in [0.05, 0.1) is 5.92 Å². The Morgan fingerprint density at radius 3 is 2.74 bits per heavy atom. The third kappa shape index (κ3) is 6.31. The Kier molecular flexibility index (Phi) is 7.21. The van der Waals surface area contributed by atoms with Crippen LogP contribution in [0.1, 0.15) is 50.5 Å². The van der Waals surface area contributed by atoms with Crippen molar-refractivity contribution in [3.8, 4) is 0 Å². The molecule has 27 heavy (non-hydrogen) atoms. The highest BCUT2D eigenvalue weighted by molar-refractivity contribution is 5.80. The van der Waals surface area contributed by atoms with Crippen molar-refractivity contribution in [3.05, 3.63) is 35.6 Å². The molecular formula is C21H30FN3O2. The van der Waals surface area contributed by atoms with E-state index in [9.17, 15) is 14.0 Å². The number of piperidine rings is 1. The lowest BCUT2D eigenvalue weighted by Gasteiger charge is -2.32. The van der Waals surface area contributed by atoms with Crippen molar-refractivity contribution in [1.82, 2.24) is 15.5 Å². The highest BCUT2D eigenvalue weighted by atomic mass is 19.1. The van der Waals surface area contributed by atoms with Crippen LogP contribution in [0.25, 0.3) is 0 Å². The average Bonchev–Trinajstić information content (AvgIpc) is 3.15. The predicted octanol–water partition coefficient (Wildman–Crippen LogP) is 2.60. The lowest BCUT2D eigenvalue weighted by Crippen LogP contribution is -2.43. The van der Waals surface area contributed by atoms with Crippen molar-refractivity contribution >= 4 is 11.8 Å². The van der Waals surface area contributed by atoms with Gasteiger partial charge in [0, 0.05) is 32.1 Å².